The van der Waals surface area contributed by atoms with E-state index in [-0.39, 0.29) is 5.91 Å². The first-order valence-corrected chi connectivity index (χ1v) is 6.62. The summed E-state index contributed by atoms with van der Waals surface area (Å²) in [7, 11) is 0. The van der Waals surface area contributed by atoms with Crippen LogP contribution in [0.15, 0.2) is 0 Å². The molecule has 1 atom stereocenters. The Morgan fingerprint density at radius 2 is 2.41 bits per heavy atom. The van der Waals surface area contributed by atoms with Crippen LogP contribution in [-0.2, 0) is 17.6 Å². The van der Waals surface area contributed by atoms with E-state index >= 15 is 0 Å². The molecule has 5 heteroatoms. The highest BCUT2D eigenvalue weighted by molar-refractivity contribution is 7.15. The van der Waals surface area contributed by atoms with Gasteiger partial charge in [-0.15, -0.1) is 11.3 Å². The highest BCUT2D eigenvalue weighted by Crippen LogP contribution is 2.31. The molecular weight excluding hydrogens is 234 g/mol. The van der Waals surface area contributed by atoms with Crippen molar-refractivity contribution in [2.24, 2.45) is 5.41 Å². The van der Waals surface area contributed by atoms with E-state index in [9.17, 15) is 4.79 Å². The van der Waals surface area contributed by atoms with Crippen molar-refractivity contribution in [2.45, 2.75) is 39.5 Å². The first-order valence-electron chi connectivity index (χ1n) is 5.80. The van der Waals surface area contributed by atoms with Crippen molar-refractivity contribution in [3.05, 3.63) is 10.6 Å². The van der Waals surface area contributed by atoms with Gasteiger partial charge in [0.05, 0.1) is 11.8 Å². The minimum atomic E-state index is -0.962. The summed E-state index contributed by atoms with van der Waals surface area (Å²) in [6.45, 7) is 3.49. The van der Waals surface area contributed by atoms with Gasteiger partial charge in [0.15, 0.2) is 5.13 Å². The van der Waals surface area contributed by atoms with E-state index in [0.29, 0.717) is 11.6 Å². The molecule has 0 saturated carbocycles. The summed E-state index contributed by atoms with van der Waals surface area (Å²) >= 11 is 1.53. The molecule has 0 radical (unpaired) electrons. The molecule has 0 saturated heterocycles. The summed E-state index contributed by atoms with van der Waals surface area (Å²) in [5.74, 6) is -0.255. The second-order valence-corrected chi connectivity index (χ2v) is 5.58. The van der Waals surface area contributed by atoms with E-state index in [2.05, 4.69) is 16.4 Å². The Bertz CT molecular complexity index is 467. The smallest absolute Gasteiger partial charge is 0.246 e. The minimum Gasteiger partial charge on any atom is -0.301 e. The maximum atomic E-state index is 12.0. The largest absolute Gasteiger partial charge is 0.301 e. The van der Waals surface area contributed by atoms with Gasteiger partial charge in [-0.1, -0.05) is 6.92 Å². The summed E-state index contributed by atoms with van der Waals surface area (Å²) in [6.07, 6.45) is 3.73. The zero-order chi connectivity index (χ0) is 12.5. The predicted octanol–water partition coefficient (Wildman–Crippen LogP) is 2.51. The Balaban J connectivity index is 2.11. The number of nitriles is 1. The molecule has 1 N–H and O–H groups in total. The topological polar surface area (TPSA) is 65.8 Å². The van der Waals surface area contributed by atoms with Gasteiger partial charge in [0.2, 0.25) is 5.91 Å². The summed E-state index contributed by atoms with van der Waals surface area (Å²) in [6, 6.07) is 2.06. The van der Waals surface area contributed by atoms with E-state index in [4.69, 9.17) is 5.26 Å². The molecule has 1 aromatic heterocycles. The normalized spacial score (nSPS) is 17.0. The van der Waals surface area contributed by atoms with Crippen LogP contribution in [0.4, 0.5) is 5.13 Å². The molecule has 1 heterocycles. The first-order chi connectivity index (χ1) is 8.09. The van der Waals surface area contributed by atoms with Crippen LogP contribution in [-0.4, -0.2) is 10.9 Å². The van der Waals surface area contributed by atoms with Crippen LogP contribution in [0.3, 0.4) is 0 Å². The summed E-state index contributed by atoms with van der Waals surface area (Å²) in [4.78, 5) is 17.6. The molecule has 1 aliphatic rings. The van der Waals surface area contributed by atoms with Gasteiger partial charge in [-0.3, -0.25) is 4.79 Å². The molecule has 90 valence electrons. The van der Waals surface area contributed by atoms with Gasteiger partial charge >= 0.3 is 0 Å². The van der Waals surface area contributed by atoms with Crippen molar-refractivity contribution >= 4 is 22.4 Å². The van der Waals surface area contributed by atoms with Gasteiger partial charge in [0.25, 0.3) is 0 Å². The van der Waals surface area contributed by atoms with Crippen LogP contribution < -0.4 is 5.32 Å². The monoisotopic (exact) mass is 249 g/mol. The second-order valence-electron chi connectivity index (χ2n) is 4.49. The number of carbonyl (C=O) groups is 1. The molecule has 0 aromatic carbocycles. The van der Waals surface area contributed by atoms with Gasteiger partial charge in [-0.2, -0.15) is 5.26 Å². The third-order valence-electron chi connectivity index (χ3n) is 3.27. The molecule has 2 rings (SSSR count). The van der Waals surface area contributed by atoms with E-state index in [1.807, 2.05) is 6.92 Å². The van der Waals surface area contributed by atoms with Crippen molar-refractivity contribution in [2.75, 3.05) is 5.32 Å². The molecule has 1 amide bonds. The number of aromatic nitrogens is 1. The van der Waals surface area contributed by atoms with Crippen LogP contribution in [0.2, 0.25) is 0 Å². The van der Waals surface area contributed by atoms with Crippen LogP contribution in [0.5, 0.6) is 0 Å². The standard InChI is InChI=1S/C12H15N3OS/c1-3-12(2,7-13)10(16)15-11-14-8-5-4-6-9(8)17-11/h3-6H2,1-2H3,(H,14,15,16). The fourth-order valence-electron chi connectivity index (χ4n) is 1.77. The Morgan fingerprint density at radius 1 is 1.65 bits per heavy atom. The average Bonchev–Trinajstić information content (AvgIpc) is 2.88. The summed E-state index contributed by atoms with van der Waals surface area (Å²) < 4.78 is 0. The van der Waals surface area contributed by atoms with Crippen molar-refractivity contribution in [3.8, 4) is 6.07 Å². The first kappa shape index (κ1) is 12.1. The van der Waals surface area contributed by atoms with Crippen LogP contribution in [0, 0.1) is 16.7 Å². The van der Waals surface area contributed by atoms with Crippen molar-refractivity contribution in [1.82, 2.24) is 4.98 Å². The number of amides is 1. The predicted molar refractivity (Wildman–Crippen MR) is 66.8 cm³/mol. The van der Waals surface area contributed by atoms with Crippen molar-refractivity contribution in [3.63, 3.8) is 0 Å². The molecule has 17 heavy (non-hydrogen) atoms. The second kappa shape index (κ2) is 4.46. The van der Waals surface area contributed by atoms with E-state index in [1.54, 1.807) is 6.92 Å². The quantitative estimate of drug-likeness (QED) is 0.895. The summed E-state index contributed by atoms with van der Waals surface area (Å²) in [5.41, 5.74) is 0.149. The molecule has 0 aliphatic heterocycles. The third kappa shape index (κ3) is 2.18. The zero-order valence-corrected chi connectivity index (χ0v) is 10.9. The lowest BCUT2D eigenvalue weighted by atomic mass is 9.88. The number of carbonyl (C=O) groups excluding carboxylic acids is 1. The highest BCUT2D eigenvalue weighted by atomic mass is 32.1. The van der Waals surface area contributed by atoms with E-state index in [1.165, 1.54) is 16.2 Å². The molecule has 1 unspecified atom stereocenters. The molecule has 1 aliphatic carbocycles. The Kier molecular flexibility index (Phi) is 3.16. The number of hydrogen-bond acceptors (Lipinski definition) is 4. The molecule has 4 nitrogen and oxygen atoms in total. The fourth-order valence-corrected chi connectivity index (χ4v) is 2.81. The van der Waals surface area contributed by atoms with Crippen molar-refractivity contribution < 1.29 is 4.79 Å². The number of rotatable bonds is 3. The van der Waals surface area contributed by atoms with Crippen LogP contribution in [0.25, 0.3) is 0 Å². The van der Waals surface area contributed by atoms with Gasteiger partial charge in [-0.05, 0) is 32.6 Å². The molecule has 0 fully saturated rings. The number of aryl methyl sites for hydroxylation is 2. The number of fused-ring (bicyclic) bond motifs is 1. The lowest BCUT2D eigenvalue weighted by Gasteiger charge is -2.17. The van der Waals surface area contributed by atoms with E-state index in [0.717, 1.165) is 25.0 Å². The van der Waals surface area contributed by atoms with Crippen LogP contribution in [0.1, 0.15) is 37.3 Å². The molecule has 0 spiro atoms. The van der Waals surface area contributed by atoms with E-state index < -0.39 is 5.41 Å². The van der Waals surface area contributed by atoms with Gasteiger partial charge in [0, 0.05) is 4.88 Å². The fraction of sp³-hybridized carbons (Fsp3) is 0.583. The van der Waals surface area contributed by atoms with Gasteiger partial charge in [0.1, 0.15) is 5.41 Å². The van der Waals surface area contributed by atoms with Gasteiger partial charge < -0.3 is 5.32 Å². The number of thiazole rings is 1. The highest BCUT2D eigenvalue weighted by Gasteiger charge is 2.32. The van der Waals surface area contributed by atoms with Crippen LogP contribution >= 0.6 is 11.3 Å². The molecule has 1 aromatic rings. The number of hydrogen-bond donors (Lipinski definition) is 1. The van der Waals surface area contributed by atoms with Gasteiger partial charge in [-0.25, -0.2) is 4.98 Å². The lowest BCUT2D eigenvalue weighted by molar-refractivity contribution is -0.122. The SMILES string of the molecule is CCC(C)(C#N)C(=O)Nc1nc2c(s1)CCC2. The maximum Gasteiger partial charge on any atom is 0.246 e. The van der Waals surface area contributed by atoms with Crippen molar-refractivity contribution in [1.29, 1.82) is 5.26 Å². The Morgan fingerprint density at radius 3 is 3.00 bits per heavy atom. The molecule has 0 bridgehead atoms. The zero-order valence-electron chi connectivity index (χ0n) is 10.0. The Labute approximate surface area is 105 Å². The summed E-state index contributed by atoms with van der Waals surface area (Å²) in [5, 5.41) is 12.4. The number of nitrogens with one attached hydrogen (secondary N) is 1. The minimum absolute atomic E-state index is 0.255. The number of anilines is 1. The Hall–Kier alpha value is -1.41. The average molecular weight is 249 g/mol. The molecular formula is C12H15N3OS. The number of nitrogens with zero attached hydrogens (tertiary/aromatic N) is 2. The third-order valence-corrected chi connectivity index (χ3v) is 4.34. The lowest BCUT2D eigenvalue weighted by Crippen LogP contribution is -2.31. The maximum absolute atomic E-state index is 12.0.